The van der Waals surface area contributed by atoms with Gasteiger partial charge in [0, 0.05) is 54.7 Å². The summed E-state index contributed by atoms with van der Waals surface area (Å²) in [5, 5.41) is 13.8. The molecule has 5 rings (SSSR count). The molecule has 3 heterocycles. The topological polar surface area (TPSA) is 98.7 Å². The third kappa shape index (κ3) is 5.38. The number of phenols is 1. The highest BCUT2D eigenvalue weighted by atomic mass is 35.5. The molecule has 0 radical (unpaired) electrons. The molecule has 2 fully saturated rings. The lowest BCUT2D eigenvalue weighted by molar-refractivity contribution is -0.126. The van der Waals surface area contributed by atoms with Crippen molar-refractivity contribution in [1.82, 2.24) is 14.9 Å². The van der Waals surface area contributed by atoms with Gasteiger partial charge in [-0.1, -0.05) is 24.2 Å². The summed E-state index contributed by atoms with van der Waals surface area (Å²) in [6.07, 6.45) is 2.46. The number of anilines is 2. The highest BCUT2D eigenvalue weighted by Crippen LogP contribution is 2.42. The maximum Gasteiger partial charge on any atom is 0.246 e. The van der Waals surface area contributed by atoms with Crippen LogP contribution in [0.15, 0.2) is 36.9 Å². The average Bonchev–Trinajstić information content (AvgIpc) is 2.91. The van der Waals surface area contributed by atoms with E-state index in [2.05, 4.69) is 22.8 Å². The van der Waals surface area contributed by atoms with Crippen molar-refractivity contribution in [2.45, 2.75) is 18.9 Å². The standard InChI is InChI=1S/C27H28ClF2N5O3S/c1-3-21(37)34-9-11-35(12-10-34)26-17-15-18(28)22(23-19(29)5-4-6-20(23)36)24(30)25(17)32-27(33-26)31-16-7-13-39(2,38)14-8-16/h3-6,15-16,36H,1-2,7-14H2,(H,31,32,33). The third-order valence-corrected chi connectivity index (χ3v) is 9.44. The molecule has 1 aromatic heterocycles. The van der Waals surface area contributed by atoms with Crippen LogP contribution in [0.4, 0.5) is 20.5 Å². The third-order valence-electron chi connectivity index (χ3n) is 7.18. The van der Waals surface area contributed by atoms with E-state index < -0.39 is 26.9 Å². The van der Waals surface area contributed by atoms with Crippen LogP contribution in [-0.2, 0) is 14.3 Å². The number of halogens is 3. The number of nitrogens with zero attached hydrogens (tertiary/aromatic N) is 4. The van der Waals surface area contributed by atoms with Gasteiger partial charge in [-0.25, -0.2) is 13.8 Å². The van der Waals surface area contributed by atoms with Gasteiger partial charge in [0.15, 0.2) is 5.82 Å². The van der Waals surface area contributed by atoms with E-state index in [1.165, 1.54) is 24.3 Å². The number of fused-ring (bicyclic) bond motifs is 1. The number of hydrogen-bond acceptors (Lipinski definition) is 7. The van der Waals surface area contributed by atoms with Crippen molar-refractivity contribution in [1.29, 1.82) is 0 Å². The monoisotopic (exact) mass is 575 g/mol. The highest BCUT2D eigenvalue weighted by Gasteiger charge is 2.28. The lowest BCUT2D eigenvalue weighted by Gasteiger charge is -2.35. The average molecular weight is 576 g/mol. The van der Waals surface area contributed by atoms with Crippen molar-refractivity contribution in [3.8, 4) is 16.9 Å². The highest BCUT2D eigenvalue weighted by molar-refractivity contribution is 8.00. The molecule has 2 N–H and O–H groups in total. The van der Waals surface area contributed by atoms with Crippen molar-refractivity contribution in [2.24, 2.45) is 0 Å². The molecule has 2 aromatic carbocycles. The van der Waals surface area contributed by atoms with Crippen LogP contribution in [-0.4, -0.2) is 79.7 Å². The number of piperazine rings is 1. The van der Waals surface area contributed by atoms with E-state index >= 15 is 4.39 Å². The second-order valence-electron chi connectivity index (χ2n) is 9.76. The Bertz CT molecular complexity index is 1540. The van der Waals surface area contributed by atoms with E-state index in [-0.39, 0.29) is 39.6 Å². The Balaban J connectivity index is 1.61. The summed E-state index contributed by atoms with van der Waals surface area (Å²) in [5.41, 5.74) is -0.747. The van der Waals surface area contributed by atoms with E-state index in [1.807, 2.05) is 4.90 Å². The number of phenolic OH excluding ortho intramolecular Hbond substituents is 1. The maximum absolute atomic E-state index is 16.2. The fraction of sp³-hybridized carbons (Fsp3) is 0.333. The SMILES string of the molecule is C=CC(=O)N1CCN(c2nc(NC3CCS(=C)(=O)CC3)nc3c(F)c(-c4c(O)cccc4F)c(Cl)cc23)CC1. The van der Waals surface area contributed by atoms with Crippen LogP contribution in [0, 0.1) is 11.6 Å². The summed E-state index contributed by atoms with van der Waals surface area (Å²) >= 11 is 6.50. The van der Waals surface area contributed by atoms with Crippen molar-refractivity contribution in [3.63, 3.8) is 0 Å². The molecule has 2 saturated heterocycles. The lowest BCUT2D eigenvalue weighted by Crippen LogP contribution is -2.48. The second kappa shape index (κ2) is 10.6. The number of benzene rings is 2. The quantitative estimate of drug-likeness (QED) is 0.350. The number of rotatable bonds is 5. The minimum Gasteiger partial charge on any atom is -0.507 e. The van der Waals surface area contributed by atoms with Gasteiger partial charge in [0.05, 0.1) is 10.6 Å². The van der Waals surface area contributed by atoms with Gasteiger partial charge in [0.1, 0.15) is 22.9 Å². The van der Waals surface area contributed by atoms with Crippen molar-refractivity contribution >= 4 is 55.6 Å². The summed E-state index contributed by atoms with van der Waals surface area (Å²) in [7, 11) is -2.10. The van der Waals surface area contributed by atoms with E-state index in [9.17, 15) is 18.5 Å². The molecule has 0 atom stereocenters. The smallest absolute Gasteiger partial charge is 0.246 e. The first-order valence-electron chi connectivity index (χ1n) is 12.5. The Hall–Kier alpha value is -3.44. The Morgan fingerprint density at radius 1 is 1.15 bits per heavy atom. The Kier molecular flexibility index (Phi) is 7.39. The van der Waals surface area contributed by atoms with Gasteiger partial charge in [0.2, 0.25) is 11.9 Å². The van der Waals surface area contributed by atoms with E-state index in [0.29, 0.717) is 61.7 Å². The molecule has 0 bridgehead atoms. The van der Waals surface area contributed by atoms with Gasteiger partial charge in [0.25, 0.3) is 0 Å². The number of amides is 1. The molecule has 2 aliphatic rings. The van der Waals surface area contributed by atoms with Gasteiger partial charge >= 0.3 is 0 Å². The second-order valence-corrected chi connectivity index (χ2v) is 12.9. The van der Waals surface area contributed by atoms with Crippen LogP contribution < -0.4 is 10.2 Å². The fourth-order valence-electron chi connectivity index (χ4n) is 5.03. The predicted octanol–water partition coefficient (Wildman–Crippen LogP) is 4.06. The molecule has 0 unspecified atom stereocenters. The Morgan fingerprint density at radius 3 is 2.49 bits per heavy atom. The Labute approximate surface area is 230 Å². The van der Waals surface area contributed by atoms with Crippen molar-refractivity contribution in [2.75, 3.05) is 47.9 Å². The van der Waals surface area contributed by atoms with E-state index in [0.717, 1.165) is 6.07 Å². The van der Waals surface area contributed by atoms with Gasteiger partial charge in [-0.05, 0) is 52.5 Å². The van der Waals surface area contributed by atoms with Crippen LogP contribution in [0.1, 0.15) is 12.8 Å². The minimum absolute atomic E-state index is 0.0841. The van der Waals surface area contributed by atoms with Crippen LogP contribution in [0.2, 0.25) is 5.02 Å². The van der Waals surface area contributed by atoms with Crippen molar-refractivity contribution in [3.05, 3.63) is 53.6 Å². The summed E-state index contributed by atoms with van der Waals surface area (Å²) in [6, 6.07) is 5.07. The zero-order valence-electron chi connectivity index (χ0n) is 21.1. The molecule has 8 nitrogen and oxygen atoms in total. The first kappa shape index (κ1) is 27.1. The molecular weight excluding hydrogens is 548 g/mol. The summed E-state index contributed by atoms with van der Waals surface area (Å²) < 4.78 is 43.2. The molecule has 3 aromatic rings. The molecule has 12 heteroatoms. The fourth-order valence-corrected chi connectivity index (χ4v) is 6.95. The largest absolute Gasteiger partial charge is 0.507 e. The van der Waals surface area contributed by atoms with Crippen LogP contribution in [0.5, 0.6) is 5.75 Å². The molecule has 0 saturated carbocycles. The first-order chi connectivity index (χ1) is 18.6. The minimum atomic E-state index is -2.10. The maximum atomic E-state index is 16.2. The zero-order chi connectivity index (χ0) is 27.9. The normalized spacial score (nSPS) is 21.7. The molecule has 206 valence electrons. The predicted molar refractivity (Wildman–Crippen MR) is 152 cm³/mol. The number of carbonyl (C=O) groups excluding carboxylic acids is 1. The van der Waals surface area contributed by atoms with Gasteiger partial charge in [-0.15, -0.1) is 0 Å². The number of hydrogen-bond donors (Lipinski definition) is 2. The lowest BCUT2D eigenvalue weighted by atomic mass is 10.0. The van der Waals surface area contributed by atoms with Crippen LogP contribution in [0.3, 0.4) is 0 Å². The summed E-state index contributed by atoms with van der Waals surface area (Å²) in [6.45, 7) is 5.21. The number of nitrogens with one attached hydrogen (secondary N) is 1. The van der Waals surface area contributed by atoms with Crippen LogP contribution >= 0.6 is 11.6 Å². The molecule has 0 spiro atoms. The summed E-state index contributed by atoms with van der Waals surface area (Å²) in [4.78, 5) is 24.8. The number of carbonyl (C=O) groups is 1. The van der Waals surface area contributed by atoms with Gasteiger partial charge in [-0.2, -0.15) is 4.98 Å². The summed E-state index contributed by atoms with van der Waals surface area (Å²) in [5.74, 6) is 2.95. The van der Waals surface area contributed by atoms with E-state index in [4.69, 9.17) is 16.6 Å². The molecule has 39 heavy (non-hydrogen) atoms. The molecule has 2 aliphatic heterocycles. The van der Waals surface area contributed by atoms with Crippen LogP contribution in [0.25, 0.3) is 22.0 Å². The van der Waals surface area contributed by atoms with Gasteiger partial charge < -0.3 is 20.2 Å². The Morgan fingerprint density at radius 2 is 1.85 bits per heavy atom. The van der Waals surface area contributed by atoms with E-state index in [1.54, 1.807) is 4.90 Å². The molecule has 1 amide bonds. The first-order valence-corrected chi connectivity index (χ1v) is 15.0. The zero-order valence-corrected chi connectivity index (χ0v) is 22.7. The molecule has 0 aliphatic carbocycles. The number of aromatic hydroxyl groups is 1. The molecular formula is C27H28ClF2N5O3S. The number of aromatic nitrogens is 2. The van der Waals surface area contributed by atoms with Gasteiger partial charge in [-0.3, -0.25) is 9.00 Å². The van der Waals surface area contributed by atoms with Crippen molar-refractivity contribution < 1.29 is 22.9 Å².